The molecule has 0 fully saturated rings. The van der Waals surface area contributed by atoms with Crippen molar-refractivity contribution in [3.8, 4) is 0 Å². The highest BCUT2D eigenvalue weighted by Gasteiger charge is 2.26. The zero-order chi connectivity index (χ0) is 17.8. The van der Waals surface area contributed by atoms with E-state index in [1.807, 2.05) is 62.4 Å². The van der Waals surface area contributed by atoms with Gasteiger partial charge in [0.2, 0.25) is 5.91 Å². The Kier molecular flexibility index (Phi) is 4.79. The first-order chi connectivity index (χ1) is 12.0. The lowest BCUT2D eigenvalue weighted by Crippen LogP contribution is -2.41. The Morgan fingerprint density at radius 1 is 1.08 bits per heavy atom. The standard InChI is InChI=1S/C19H20N4O2/c1-13-8-9-14(2)17(12-13)23-18(24)11-10-16(22-23)19(25)21-20-15-6-4-3-5-7-15/h3-9,12,20H,10-11H2,1-2H3,(H,21,25). The second kappa shape index (κ2) is 7.17. The molecule has 0 unspecified atom stereocenters. The van der Waals surface area contributed by atoms with Gasteiger partial charge in [0.15, 0.2) is 0 Å². The molecule has 3 rings (SSSR count). The monoisotopic (exact) mass is 336 g/mol. The number of carbonyl (C=O) groups is 2. The van der Waals surface area contributed by atoms with E-state index in [2.05, 4.69) is 16.0 Å². The van der Waals surface area contributed by atoms with Crippen molar-refractivity contribution in [2.45, 2.75) is 26.7 Å². The van der Waals surface area contributed by atoms with Crippen LogP contribution in [0, 0.1) is 13.8 Å². The largest absolute Gasteiger partial charge is 0.298 e. The first kappa shape index (κ1) is 16.7. The van der Waals surface area contributed by atoms with Crippen LogP contribution in [0.1, 0.15) is 24.0 Å². The van der Waals surface area contributed by atoms with Gasteiger partial charge in [0, 0.05) is 12.8 Å². The Balaban J connectivity index is 1.78. The molecule has 0 aromatic heterocycles. The number of benzene rings is 2. The van der Waals surface area contributed by atoms with Gasteiger partial charge in [0.05, 0.1) is 11.4 Å². The lowest BCUT2D eigenvalue weighted by molar-refractivity contribution is -0.118. The third kappa shape index (κ3) is 3.85. The van der Waals surface area contributed by atoms with Crippen LogP contribution in [0.15, 0.2) is 53.6 Å². The molecule has 0 aliphatic carbocycles. The van der Waals surface area contributed by atoms with E-state index in [0.717, 1.165) is 16.8 Å². The van der Waals surface area contributed by atoms with E-state index in [-0.39, 0.29) is 18.2 Å². The van der Waals surface area contributed by atoms with E-state index in [1.54, 1.807) is 0 Å². The fraction of sp³-hybridized carbons (Fsp3) is 0.211. The van der Waals surface area contributed by atoms with Gasteiger partial charge < -0.3 is 0 Å². The molecule has 2 amide bonds. The molecule has 0 radical (unpaired) electrons. The van der Waals surface area contributed by atoms with Gasteiger partial charge in [-0.2, -0.15) is 5.10 Å². The van der Waals surface area contributed by atoms with Crippen molar-refractivity contribution >= 4 is 28.9 Å². The lowest BCUT2D eigenvalue weighted by Gasteiger charge is -2.25. The van der Waals surface area contributed by atoms with E-state index in [0.29, 0.717) is 17.8 Å². The van der Waals surface area contributed by atoms with Crippen LogP contribution in [0.5, 0.6) is 0 Å². The van der Waals surface area contributed by atoms with Crippen LogP contribution in [0.2, 0.25) is 0 Å². The van der Waals surface area contributed by atoms with E-state index in [9.17, 15) is 9.59 Å². The summed E-state index contributed by atoms with van der Waals surface area (Å²) in [6.07, 6.45) is 0.577. The fourth-order valence-electron chi connectivity index (χ4n) is 2.58. The van der Waals surface area contributed by atoms with Crippen molar-refractivity contribution in [2.75, 3.05) is 10.4 Å². The molecular formula is C19H20N4O2. The van der Waals surface area contributed by atoms with Crippen molar-refractivity contribution in [2.24, 2.45) is 5.10 Å². The van der Waals surface area contributed by atoms with Crippen LogP contribution >= 0.6 is 0 Å². The van der Waals surface area contributed by atoms with Gasteiger partial charge in [-0.25, -0.2) is 5.01 Å². The maximum atomic E-state index is 12.4. The summed E-state index contributed by atoms with van der Waals surface area (Å²) in [6, 6.07) is 15.1. The smallest absolute Gasteiger partial charge is 0.285 e. The predicted octanol–water partition coefficient (Wildman–Crippen LogP) is 2.93. The minimum atomic E-state index is -0.341. The second-order valence-corrected chi connectivity index (χ2v) is 5.99. The number of amides is 2. The number of para-hydroxylation sites is 1. The normalized spacial score (nSPS) is 14.1. The molecule has 0 atom stereocenters. The highest BCUT2D eigenvalue weighted by Crippen LogP contribution is 2.25. The van der Waals surface area contributed by atoms with E-state index in [4.69, 9.17) is 0 Å². The Bertz CT molecular complexity index is 831. The summed E-state index contributed by atoms with van der Waals surface area (Å²) >= 11 is 0. The first-order valence-corrected chi connectivity index (χ1v) is 8.13. The van der Waals surface area contributed by atoms with Crippen LogP contribution in [0.3, 0.4) is 0 Å². The van der Waals surface area contributed by atoms with Gasteiger partial charge in [-0.3, -0.25) is 20.4 Å². The average molecular weight is 336 g/mol. The van der Waals surface area contributed by atoms with Gasteiger partial charge in [-0.15, -0.1) is 0 Å². The van der Waals surface area contributed by atoms with Gasteiger partial charge in [0.1, 0.15) is 5.71 Å². The molecule has 1 heterocycles. The number of nitrogens with zero attached hydrogens (tertiary/aromatic N) is 2. The molecule has 0 bridgehead atoms. The second-order valence-electron chi connectivity index (χ2n) is 5.99. The summed E-state index contributed by atoms with van der Waals surface area (Å²) in [4.78, 5) is 24.6. The Hall–Kier alpha value is -3.15. The van der Waals surface area contributed by atoms with Gasteiger partial charge >= 0.3 is 0 Å². The third-order valence-corrected chi connectivity index (χ3v) is 3.98. The minimum Gasteiger partial charge on any atom is -0.298 e. The van der Waals surface area contributed by atoms with Gasteiger partial charge in [0.25, 0.3) is 5.91 Å². The Morgan fingerprint density at radius 2 is 1.84 bits per heavy atom. The summed E-state index contributed by atoms with van der Waals surface area (Å²) in [5.74, 6) is -0.451. The van der Waals surface area contributed by atoms with Crippen LogP contribution in [0.4, 0.5) is 11.4 Å². The maximum absolute atomic E-state index is 12.4. The number of hydrazine groups is 1. The van der Waals surface area contributed by atoms with Crippen molar-refractivity contribution in [3.63, 3.8) is 0 Å². The number of hydrogen-bond donors (Lipinski definition) is 2. The maximum Gasteiger partial charge on any atom is 0.285 e. The quantitative estimate of drug-likeness (QED) is 0.843. The minimum absolute atomic E-state index is 0.110. The SMILES string of the molecule is Cc1ccc(C)c(N2N=C(C(=O)NNc3ccccc3)CCC2=O)c1. The van der Waals surface area contributed by atoms with E-state index >= 15 is 0 Å². The lowest BCUT2D eigenvalue weighted by atomic mass is 10.1. The van der Waals surface area contributed by atoms with Crippen LogP contribution < -0.4 is 15.9 Å². The third-order valence-electron chi connectivity index (χ3n) is 3.98. The predicted molar refractivity (Wildman–Crippen MR) is 98.3 cm³/mol. The van der Waals surface area contributed by atoms with Crippen molar-refractivity contribution in [1.29, 1.82) is 0 Å². The highest BCUT2D eigenvalue weighted by molar-refractivity contribution is 6.40. The summed E-state index contributed by atoms with van der Waals surface area (Å²) in [6.45, 7) is 3.88. The number of aryl methyl sites for hydroxylation is 2. The van der Waals surface area contributed by atoms with E-state index in [1.165, 1.54) is 5.01 Å². The van der Waals surface area contributed by atoms with Crippen molar-refractivity contribution in [1.82, 2.24) is 5.43 Å². The number of carbonyl (C=O) groups excluding carboxylic acids is 2. The molecule has 0 saturated heterocycles. The molecule has 0 spiro atoms. The molecule has 1 aliphatic heterocycles. The average Bonchev–Trinajstić information content (AvgIpc) is 2.63. The summed E-state index contributed by atoms with van der Waals surface area (Å²) < 4.78 is 0. The molecule has 25 heavy (non-hydrogen) atoms. The summed E-state index contributed by atoms with van der Waals surface area (Å²) in [5, 5.41) is 5.63. The fourth-order valence-corrected chi connectivity index (χ4v) is 2.58. The van der Waals surface area contributed by atoms with Crippen molar-refractivity contribution in [3.05, 3.63) is 59.7 Å². The molecule has 0 saturated carbocycles. The molecule has 6 heteroatoms. The highest BCUT2D eigenvalue weighted by atomic mass is 16.2. The molecule has 1 aliphatic rings. The van der Waals surface area contributed by atoms with Crippen LogP contribution in [0.25, 0.3) is 0 Å². The zero-order valence-electron chi connectivity index (χ0n) is 14.2. The number of nitrogens with one attached hydrogen (secondary N) is 2. The van der Waals surface area contributed by atoms with Crippen molar-refractivity contribution < 1.29 is 9.59 Å². The molecule has 2 N–H and O–H groups in total. The van der Waals surface area contributed by atoms with E-state index < -0.39 is 0 Å². The zero-order valence-corrected chi connectivity index (χ0v) is 14.2. The number of hydrazone groups is 1. The number of hydrogen-bond acceptors (Lipinski definition) is 4. The van der Waals surface area contributed by atoms with Crippen LogP contribution in [-0.4, -0.2) is 17.5 Å². The van der Waals surface area contributed by atoms with Gasteiger partial charge in [-0.05, 0) is 43.2 Å². The summed E-state index contributed by atoms with van der Waals surface area (Å²) in [5.41, 5.74) is 9.25. The molecule has 2 aromatic carbocycles. The van der Waals surface area contributed by atoms with Gasteiger partial charge in [-0.1, -0.05) is 30.3 Å². The molecule has 6 nitrogen and oxygen atoms in total. The number of rotatable bonds is 4. The molecule has 128 valence electrons. The first-order valence-electron chi connectivity index (χ1n) is 8.13. The molecular weight excluding hydrogens is 316 g/mol. The molecule has 2 aromatic rings. The Labute approximate surface area is 146 Å². The Morgan fingerprint density at radius 3 is 2.60 bits per heavy atom. The summed E-state index contributed by atoms with van der Waals surface area (Å²) in [7, 11) is 0. The topological polar surface area (TPSA) is 73.8 Å². The van der Waals surface area contributed by atoms with Crippen LogP contribution in [-0.2, 0) is 9.59 Å². The number of anilines is 2.